The van der Waals surface area contributed by atoms with Crippen molar-refractivity contribution in [2.45, 2.75) is 20.0 Å². The summed E-state index contributed by atoms with van der Waals surface area (Å²) >= 11 is 5.67. The first-order chi connectivity index (χ1) is 9.02. The number of amides is 1. The Hall–Kier alpha value is -1.66. The fourth-order valence-corrected chi connectivity index (χ4v) is 1.26. The van der Waals surface area contributed by atoms with E-state index in [1.165, 1.54) is 13.1 Å². The molecule has 1 atom stereocenters. The third-order valence-corrected chi connectivity index (χ3v) is 2.30. The second-order valence-electron chi connectivity index (χ2n) is 3.62. The van der Waals surface area contributed by atoms with E-state index in [0.717, 1.165) is 0 Å². The van der Waals surface area contributed by atoms with Crippen LogP contribution in [0.4, 0.5) is 5.82 Å². The zero-order valence-electron chi connectivity index (χ0n) is 10.7. The normalized spacial score (nSPS) is 11.7. The molecule has 0 saturated carbocycles. The van der Waals surface area contributed by atoms with Crippen LogP contribution in [0.25, 0.3) is 0 Å². The number of aromatic nitrogens is 1. The first-order valence-electron chi connectivity index (χ1n) is 5.72. The van der Waals surface area contributed by atoms with Crippen LogP contribution in [0.15, 0.2) is 18.3 Å². The van der Waals surface area contributed by atoms with Crippen LogP contribution >= 0.6 is 11.6 Å². The third kappa shape index (κ3) is 5.67. The molecule has 1 amide bonds. The Kier molecular flexibility index (Phi) is 6.24. The molecule has 0 aliphatic carbocycles. The molecule has 19 heavy (non-hydrogen) atoms. The van der Waals surface area contributed by atoms with Gasteiger partial charge in [-0.25, -0.2) is 9.78 Å². The van der Waals surface area contributed by atoms with Crippen molar-refractivity contribution in [2.75, 3.05) is 18.5 Å². The van der Waals surface area contributed by atoms with Gasteiger partial charge in [-0.2, -0.15) is 0 Å². The molecular formula is C12H15ClN2O4. The smallest absolute Gasteiger partial charge is 0.332 e. The van der Waals surface area contributed by atoms with Crippen LogP contribution in [-0.4, -0.2) is 36.2 Å². The quantitative estimate of drug-likeness (QED) is 0.805. The molecule has 1 N–H and O–H groups in total. The van der Waals surface area contributed by atoms with E-state index < -0.39 is 18.0 Å². The highest BCUT2D eigenvalue weighted by molar-refractivity contribution is 6.30. The molecule has 0 aliphatic rings. The molecule has 0 bridgehead atoms. The number of hydrogen-bond acceptors (Lipinski definition) is 5. The maximum Gasteiger partial charge on any atom is 0.332 e. The molecule has 0 unspecified atom stereocenters. The number of esters is 1. The van der Waals surface area contributed by atoms with Gasteiger partial charge in [0.1, 0.15) is 12.4 Å². The SMILES string of the molecule is CCOCC(=O)O[C@@H](C)C(=O)Nc1ccc(Cl)cn1. The number of carbonyl (C=O) groups is 2. The van der Waals surface area contributed by atoms with Gasteiger partial charge in [-0.3, -0.25) is 4.79 Å². The first kappa shape index (κ1) is 15.4. The van der Waals surface area contributed by atoms with Gasteiger partial charge in [-0.15, -0.1) is 0 Å². The summed E-state index contributed by atoms with van der Waals surface area (Å²) in [7, 11) is 0. The lowest BCUT2D eigenvalue weighted by Crippen LogP contribution is -2.31. The average Bonchev–Trinajstić information content (AvgIpc) is 2.39. The van der Waals surface area contributed by atoms with E-state index >= 15 is 0 Å². The van der Waals surface area contributed by atoms with Gasteiger partial charge in [0.25, 0.3) is 5.91 Å². The lowest BCUT2D eigenvalue weighted by molar-refractivity contribution is -0.157. The maximum atomic E-state index is 11.7. The monoisotopic (exact) mass is 286 g/mol. The van der Waals surface area contributed by atoms with Crippen LogP contribution in [0.5, 0.6) is 0 Å². The number of pyridine rings is 1. The number of carbonyl (C=O) groups excluding carboxylic acids is 2. The number of halogens is 1. The Morgan fingerprint density at radius 2 is 2.21 bits per heavy atom. The van der Waals surface area contributed by atoms with Crippen molar-refractivity contribution in [2.24, 2.45) is 0 Å². The molecule has 104 valence electrons. The fourth-order valence-electron chi connectivity index (χ4n) is 1.15. The van der Waals surface area contributed by atoms with Gasteiger partial charge in [0.15, 0.2) is 6.10 Å². The summed E-state index contributed by atoms with van der Waals surface area (Å²) < 4.78 is 9.75. The number of ether oxygens (including phenoxy) is 2. The topological polar surface area (TPSA) is 77.5 Å². The Morgan fingerprint density at radius 1 is 1.47 bits per heavy atom. The molecule has 0 radical (unpaired) electrons. The van der Waals surface area contributed by atoms with E-state index in [1.807, 2.05) is 0 Å². The lowest BCUT2D eigenvalue weighted by atomic mass is 10.3. The van der Waals surface area contributed by atoms with E-state index in [0.29, 0.717) is 17.4 Å². The van der Waals surface area contributed by atoms with Gasteiger partial charge in [0, 0.05) is 12.8 Å². The zero-order valence-corrected chi connectivity index (χ0v) is 11.4. The van der Waals surface area contributed by atoms with Crippen LogP contribution < -0.4 is 5.32 Å². The van der Waals surface area contributed by atoms with Crippen molar-refractivity contribution >= 4 is 29.3 Å². The molecule has 1 rings (SSSR count). The Balaban J connectivity index is 2.44. The fraction of sp³-hybridized carbons (Fsp3) is 0.417. The number of nitrogens with zero attached hydrogens (tertiary/aromatic N) is 1. The molecule has 1 aromatic heterocycles. The summed E-state index contributed by atoms with van der Waals surface area (Å²) in [6.45, 7) is 3.46. The van der Waals surface area contributed by atoms with Crippen LogP contribution in [0, 0.1) is 0 Å². The second kappa shape index (κ2) is 7.70. The van der Waals surface area contributed by atoms with Gasteiger partial charge < -0.3 is 14.8 Å². The molecule has 0 aromatic carbocycles. The molecule has 1 aromatic rings. The summed E-state index contributed by atoms with van der Waals surface area (Å²) in [6, 6.07) is 3.14. The number of hydrogen-bond donors (Lipinski definition) is 1. The first-order valence-corrected chi connectivity index (χ1v) is 6.10. The Bertz CT molecular complexity index is 436. The van der Waals surface area contributed by atoms with Crippen molar-refractivity contribution < 1.29 is 19.1 Å². The molecular weight excluding hydrogens is 272 g/mol. The minimum atomic E-state index is -0.926. The Labute approximate surface area is 116 Å². The van der Waals surface area contributed by atoms with Crippen LogP contribution in [0.1, 0.15) is 13.8 Å². The highest BCUT2D eigenvalue weighted by Crippen LogP contribution is 2.10. The van der Waals surface area contributed by atoms with Crippen molar-refractivity contribution in [1.82, 2.24) is 4.98 Å². The maximum absolute atomic E-state index is 11.7. The highest BCUT2D eigenvalue weighted by Gasteiger charge is 2.18. The predicted octanol–water partition coefficient (Wildman–Crippen LogP) is 1.64. The summed E-state index contributed by atoms with van der Waals surface area (Å²) in [4.78, 5) is 26.9. The second-order valence-corrected chi connectivity index (χ2v) is 4.06. The minimum Gasteiger partial charge on any atom is -0.451 e. The molecule has 7 heteroatoms. The molecule has 0 aliphatic heterocycles. The van der Waals surface area contributed by atoms with Gasteiger partial charge in [-0.1, -0.05) is 11.6 Å². The van der Waals surface area contributed by atoms with E-state index in [9.17, 15) is 9.59 Å². The largest absolute Gasteiger partial charge is 0.451 e. The molecule has 6 nitrogen and oxygen atoms in total. The van der Waals surface area contributed by atoms with Crippen molar-refractivity contribution in [3.8, 4) is 0 Å². The van der Waals surface area contributed by atoms with Gasteiger partial charge in [0.05, 0.1) is 5.02 Å². The third-order valence-electron chi connectivity index (χ3n) is 2.08. The molecule has 0 fully saturated rings. The Morgan fingerprint density at radius 3 is 2.79 bits per heavy atom. The molecule has 0 saturated heterocycles. The van der Waals surface area contributed by atoms with E-state index in [1.54, 1.807) is 19.1 Å². The average molecular weight is 287 g/mol. The van der Waals surface area contributed by atoms with Crippen molar-refractivity contribution in [3.05, 3.63) is 23.4 Å². The van der Waals surface area contributed by atoms with Gasteiger partial charge in [-0.05, 0) is 26.0 Å². The van der Waals surface area contributed by atoms with Crippen LogP contribution in [-0.2, 0) is 19.1 Å². The lowest BCUT2D eigenvalue weighted by Gasteiger charge is -2.13. The van der Waals surface area contributed by atoms with Crippen molar-refractivity contribution in [3.63, 3.8) is 0 Å². The minimum absolute atomic E-state index is 0.173. The van der Waals surface area contributed by atoms with Crippen LogP contribution in [0.3, 0.4) is 0 Å². The van der Waals surface area contributed by atoms with Gasteiger partial charge in [0.2, 0.25) is 0 Å². The zero-order chi connectivity index (χ0) is 14.3. The summed E-state index contributed by atoms with van der Waals surface area (Å²) in [6.07, 6.45) is 0.480. The van der Waals surface area contributed by atoms with Crippen molar-refractivity contribution in [1.29, 1.82) is 0 Å². The molecule has 0 spiro atoms. The predicted molar refractivity (Wildman–Crippen MR) is 69.9 cm³/mol. The van der Waals surface area contributed by atoms with E-state index in [4.69, 9.17) is 21.1 Å². The molecule has 1 heterocycles. The summed E-state index contributed by atoms with van der Waals surface area (Å²) in [5, 5.41) is 2.97. The number of anilines is 1. The summed E-state index contributed by atoms with van der Waals surface area (Å²) in [5.41, 5.74) is 0. The van der Waals surface area contributed by atoms with Crippen LogP contribution in [0.2, 0.25) is 5.02 Å². The van der Waals surface area contributed by atoms with Gasteiger partial charge >= 0.3 is 5.97 Å². The number of nitrogens with one attached hydrogen (secondary N) is 1. The number of rotatable bonds is 6. The summed E-state index contributed by atoms with van der Waals surface area (Å²) in [5.74, 6) is -0.727. The van der Waals surface area contributed by atoms with E-state index in [2.05, 4.69) is 10.3 Å². The highest BCUT2D eigenvalue weighted by atomic mass is 35.5. The van der Waals surface area contributed by atoms with E-state index in [-0.39, 0.29) is 6.61 Å². The standard InChI is InChI=1S/C12H15ClN2O4/c1-3-18-7-11(16)19-8(2)12(17)15-10-5-4-9(13)6-14-10/h4-6,8H,3,7H2,1-2H3,(H,14,15,17)/t8-/m0/s1.